The third-order valence-electron chi connectivity index (χ3n) is 3.89. The van der Waals surface area contributed by atoms with E-state index in [1.807, 2.05) is 13.8 Å². The van der Waals surface area contributed by atoms with Crippen molar-refractivity contribution in [3.8, 4) is 0 Å². The highest BCUT2D eigenvalue weighted by molar-refractivity contribution is 5.26. The van der Waals surface area contributed by atoms with Gasteiger partial charge in [0.15, 0.2) is 11.6 Å². The van der Waals surface area contributed by atoms with Gasteiger partial charge in [-0.3, -0.25) is 4.57 Å². The molecule has 0 aliphatic carbocycles. The Bertz CT molecular complexity index is 557. The molecular weight excluding hydrogens is 249 g/mol. The molecule has 0 spiro atoms. The molecule has 2 N–H and O–H groups in total. The number of nitrogens with two attached hydrogens (primary N) is 1. The first-order valence-corrected chi connectivity index (χ1v) is 6.29. The minimum atomic E-state index is -0.719. The molecule has 0 radical (unpaired) electrons. The van der Waals surface area contributed by atoms with Crippen LogP contribution in [-0.2, 0) is 4.74 Å². The van der Waals surface area contributed by atoms with Crippen molar-refractivity contribution in [3.63, 3.8) is 0 Å². The molecule has 1 aromatic heterocycles. The van der Waals surface area contributed by atoms with E-state index in [9.17, 15) is 9.18 Å². The van der Waals surface area contributed by atoms with Gasteiger partial charge >= 0.3 is 5.69 Å². The van der Waals surface area contributed by atoms with Gasteiger partial charge in [-0.05, 0) is 18.8 Å². The van der Waals surface area contributed by atoms with Crippen LogP contribution in [0.15, 0.2) is 23.6 Å². The number of nitrogens with zero attached hydrogens (tertiary/aromatic N) is 2. The van der Waals surface area contributed by atoms with Crippen LogP contribution >= 0.6 is 0 Å². The van der Waals surface area contributed by atoms with Gasteiger partial charge in [0.1, 0.15) is 6.23 Å². The van der Waals surface area contributed by atoms with Crippen LogP contribution in [0.4, 0.5) is 10.2 Å². The maximum absolute atomic E-state index is 13.4. The lowest BCUT2D eigenvalue weighted by molar-refractivity contribution is -0.0562. The van der Waals surface area contributed by atoms with Crippen molar-refractivity contribution in [1.29, 1.82) is 0 Å². The molecule has 0 unspecified atom stereocenters. The van der Waals surface area contributed by atoms with Gasteiger partial charge in [0, 0.05) is 0 Å². The molecule has 2 heterocycles. The van der Waals surface area contributed by atoms with Gasteiger partial charge in [-0.15, -0.1) is 6.58 Å². The zero-order valence-corrected chi connectivity index (χ0v) is 11.1. The van der Waals surface area contributed by atoms with Crippen LogP contribution in [0, 0.1) is 11.7 Å². The van der Waals surface area contributed by atoms with Crippen LogP contribution in [0.1, 0.15) is 32.9 Å². The lowest BCUT2D eigenvalue weighted by Gasteiger charge is -2.28. The molecule has 2 rings (SSSR count). The average Bonchev–Trinajstić information content (AvgIpc) is 2.71. The smallest absolute Gasteiger partial charge is 0.351 e. The first kappa shape index (κ1) is 13.7. The molecule has 1 fully saturated rings. The Morgan fingerprint density at radius 3 is 3.00 bits per heavy atom. The molecule has 0 bridgehead atoms. The van der Waals surface area contributed by atoms with Crippen LogP contribution in [0.3, 0.4) is 0 Å². The Labute approximate surface area is 110 Å². The second kappa shape index (κ2) is 4.77. The van der Waals surface area contributed by atoms with Crippen molar-refractivity contribution in [3.05, 3.63) is 35.2 Å². The minimum Gasteiger partial charge on any atom is -0.381 e. The van der Waals surface area contributed by atoms with Crippen molar-refractivity contribution >= 4 is 5.82 Å². The molecule has 6 heteroatoms. The number of anilines is 1. The van der Waals surface area contributed by atoms with Crippen LogP contribution in [0.2, 0.25) is 0 Å². The van der Waals surface area contributed by atoms with Gasteiger partial charge in [0.25, 0.3) is 0 Å². The van der Waals surface area contributed by atoms with Gasteiger partial charge in [0.05, 0.1) is 11.8 Å². The quantitative estimate of drug-likeness (QED) is 0.848. The largest absolute Gasteiger partial charge is 0.381 e. The first-order chi connectivity index (χ1) is 8.93. The number of hydrogen-bond acceptors (Lipinski definition) is 4. The molecule has 1 saturated heterocycles. The Hall–Kier alpha value is -1.69. The SMILES string of the molecule is C=C[C@]1(CC)O[C@@H](n2cc(F)c(N)nc2=O)C[C@@H]1C. The predicted octanol–water partition coefficient (Wildman–Crippen LogP) is 1.85. The summed E-state index contributed by atoms with van der Waals surface area (Å²) >= 11 is 0. The highest BCUT2D eigenvalue weighted by Gasteiger charge is 2.43. The van der Waals surface area contributed by atoms with Crippen molar-refractivity contribution in [2.45, 2.75) is 38.5 Å². The molecule has 5 nitrogen and oxygen atoms in total. The van der Waals surface area contributed by atoms with Crippen molar-refractivity contribution in [2.24, 2.45) is 5.92 Å². The first-order valence-electron chi connectivity index (χ1n) is 6.29. The van der Waals surface area contributed by atoms with Crippen molar-refractivity contribution in [1.82, 2.24) is 9.55 Å². The summed E-state index contributed by atoms with van der Waals surface area (Å²) in [5.74, 6) is -0.922. The van der Waals surface area contributed by atoms with E-state index in [0.29, 0.717) is 6.42 Å². The van der Waals surface area contributed by atoms with Gasteiger partial charge in [0.2, 0.25) is 0 Å². The highest BCUT2D eigenvalue weighted by Crippen LogP contribution is 2.43. The summed E-state index contributed by atoms with van der Waals surface area (Å²) in [6.07, 6.45) is 3.61. The fourth-order valence-electron chi connectivity index (χ4n) is 2.58. The highest BCUT2D eigenvalue weighted by atomic mass is 19.1. The monoisotopic (exact) mass is 267 g/mol. The third kappa shape index (κ3) is 2.16. The molecular formula is C13H18FN3O2. The normalized spacial score (nSPS) is 30.5. The van der Waals surface area contributed by atoms with E-state index in [0.717, 1.165) is 17.2 Å². The molecule has 0 saturated carbocycles. The number of hydrogen-bond donors (Lipinski definition) is 1. The van der Waals surface area contributed by atoms with E-state index in [1.54, 1.807) is 6.08 Å². The Morgan fingerprint density at radius 2 is 2.47 bits per heavy atom. The van der Waals surface area contributed by atoms with Gasteiger partial charge in [-0.1, -0.05) is 19.9 Å². The maximum Gasteiger partial charge on any atom is 0.351 e. The molecule has 0 amide bonds. The van der Waals surface area contributed by atoms with Crippen LogP contribution < -0.4 is 11.4 Å². The van der Waals surface area contributed by atoms with Crippen LogP contribution in [-0.4, -0.2) is 15.2 Å². The molecule has 1 aromatic rings. The molecule has 0 aromatic carbocycles. The van der Waals surface area contributed by atoms with E-state index in [4.69, 9.17) is 10.5 Å². The number of halogens is 1. The van der Waals surface area contributed by atoms with E-state index in [-0.39, 0.29) is 5.92 Å². The maximum atomic E-state index is 13.4. The molecule has 3 atom stereocenters. The van der Waals surface area contributed by atoms with E-state index < -0.39 is 29.2 Å². The number of nitrogen functional groups attached to an aromatic ring is 1. The lowest BCUT2D eigenvalue weighted by Crippen LogP contribution is -2.32. The molecule has 1 aliphatic rings. The number of aromatic nitrogens is 2. The Balaban J connectivity index is 2.38. The summed E-state index contributed by atoms with van der Waals surface area (Å²) < 4.78 is 20.5. The zero-order valence-electron chi connectivity index (χ0n) is 11.1. The van der Waals surface area contributed by atoms with Crippen molar-refractivity contribution < 1.29 is 9.13 Å². The topological polar surface area (TPSA) is 70.1 Å². The summed E-state index contributed by atoms with van der Waals surface area (Å²) in [5.41, 5.74) is 4.18. The van der Waals surface area contributed by atoms with Gasteiger partial charge in [-0.25, -0.2) is 9.18 Å². The van der Waals surface area contributed by atoms with E-state index in [2.05, 4.69) is 11.6 Å². The predicted molar refractivity (Wildman–Crippen MR) is 70.0 cm³/mol. The van der Waals surface area contributed by atoms with Gasteiger partial charge < -0.3 is 10.5 Å². The van der Waals surface area contributed by atoms with Crippen molar-refractivity contribution in [2.75, 3.05) is 5.73 Å². The standard InChI is InChI=1S/C13H18FN3O2/c1-4-13(5-2)8(3)6-10(19-13)17-7-9(14)11(15)16-12(17)18/h4,7-8,10H,1,5-6H2,2-3H3,(H2,15,16,18)/t8-,10+,13+/m0/s1. The fraction of sp³-hybridized carbons (Fsp3) is 0.538. The van der Waals surface area contributed by atoms with E-state index >= 15 is 0 Å². The summed E-state index contributed by atoms with van der Waals surface area (Å²) in [7, 11) is 0. The summed E-state index contributed by atoms with van der Waals surface area (Å²) in [6, 6.07) is 0. The summed E-state index contributed by atoms with van der Waals surface area (Å²) in [6.45, 7) is 7.81. The number of ether oxygens (including phenoxy) is 1. The second-order valence-corrected chi connectivity index (χ2v) is 4.89. The summed E-state index contributed by atoms with van der Waals surface area (Å²) in [5, 5.41) is 0. The lowest BCUT2D eigenvalue weighted by atomic mass is 9.86. The number of rotatable bonds is 3. The molecule has 19 heavy (non-hydrogen) atoms. The average molecular weight is 267 g/mol. The third-order valence-corrected chi connectivity index (χ3v) is 3.89. The zero-order chi connectivity index (χ0) is 14.2. The van der Waals surface area contributed by atoms with Crippen LogP contribution in [0.5, 0.6) is 0 Å². The fourth-order valence-corrected chi connectivity index (χ4v) is 2.58. The Morgan fingerprint density at radius 1 is 1.79 bits per heavy atom. The summed E-state index contributed by atoms with van der Waals surface area (Å²) in [4.78, 5) is 15.2. The van der Waals surface area contributed by atoms with E-state index in [1.165, 1.54) is 0 Å². The van der Waals surface area contributed by atoms with Crippen LogP contribution in [0.25, 0.3) is 0 Å². The molecule has 104 valence electrons. The Kier molecular flexibility index (Phi) is 3.45. The van der Waals surface area contributed by atoms with Gasteiger partial charge in [-0.2, -0.15) is 4.98 Å². The minimum absolute atomic E-state index is 0.188. The molecule has 1 aliphatic heterocycles. The second-order valence-electron chi connectivity index (χ2n) is 4.89.